The first-order chi connectivity index (χ1) is 9.60. The van der Waals surface area contributed by atoms with Crippen LogP contribution in [0.1, 0.15) is 43.1 Å². The van der Waals surface area contributed by atoms with Crippen LogP contribution in [0.5, 0.6) is 0 Å². The lowest BCUT2D eigenvalue weighted by Crippen LogP contribution is -2.34. The minimum absolute atomic E-state index is 0.209. The molecule has 2 rings (SSSR count). The van der Waals surface area contributed by atoms with Gasteiger partial charge in [-0.05, 0) is 38.2 Å². The van der Waals surface area contributed by atoms with Crippen LogP contribution in [-0.2, 0) is 6.54 Å². The molecule has 0 spiro atoms. The molecule has 1 aromatic heterocycles. The van der Waals surface area contributed by atoms with E-state index in [1.807, 2.05) is 0 Å². The SMILES string of the molecule is CCn1nc(C(=O)NCC2CCCC(O)C2)ccc1=O. The summed E-state index contributed by atoms with van der Waals surface area (Å²) in [5.74, 6) is 0.0482. The molecule has 1 fully saturated rings. The molecule has 0 aliphatic heterocycles. The Labute approximate surface area is 117 Å². The minimum atomic E-state index is -0.271. The second kappa shape index (κ2) is 6.65. The maximum atomic E-state index is 12.0. The number of hydrogen-bond donors (Lipinski definition) is 2. The zero-order chi connectivity index (χ0) is 14.5. The van der Waals surface area contributed by atoms with E-state index in [-0.39, 0.29) is 23.3 Å². The number of nitrogens with one attached hydrogen (secondary N) is 1. The lowest BCUT2D eigenvalue weighted by Gasteiger charge is -2.25. The molecule has 1 aliphatic rings. The van der Waals surface area contributed by atoms with E-state index < -0.39 is 0 Å². The summed E-state index contributed by atoms with van der Waals surface area (Å²) in [6.07, 6.45) is 3.38. The van der Waals surface area contributed by atoms with E-state index >= 15 is 0 Å². The first-order valence-corrected chi connectivity index (χ1v) is 7.14. The first kappa shape index (κ1) is 14.7. The Morgan fingerprint density at radius 1 is 1.50 bits per heavy atom. The van der Waals surface area contributed by atoms with Crippen molar-refractivity contribution in [2.75, 3.05) is 6.54 Å². The molecule has 0 aromatic carbocycles. The molecule has 0 saturated heterocycles. The van der Waals surface area contributed by atoms with Crippen LogP contribution in [0.15, 0.2) is 16.9 Å². The number of aliphatic hydroxyl groups is 1. The molecule has 2 atom stereocenters. The van der Waals surface area contributed by atoms with Crippen molar-refractivity contribution in [3.05, 3.63) is 28.2 Å². The Bertz CT molecular complexity index is 527. The normalized spacial score (nSPS) is 22.5. The third kappa shape index (κ3) is 3.66. The van der Waals surface area contributed by atoms with Crippen LogP contribution < -0.4 is 10.9 Å². The van der Waals surface area contributed by atoms with Crippen molar-refractivity contribution in [2.45, 2.75) is 45.3 Å². The van der Waals surface area contributed by atoms with Crippen molar-refractivity contribution in [3.8, 4) is 0 Å². The summed E-state index contributed by atoms with van der Waals surface area (Å²) >= 11 is 0. The molecule has 110 valence electrons. The molecule has 0 radical (unpaired) electrons. The third-order valence-corrected chi connectivity index (χ3v) is 3.71. The maximum Gasteiger partial charge on any atom is 0.271 e. The molecule has 1 amide bonds. The van der Waals surface area contributed by atoms with Crippen LogP contribution in [0.2, 0.25) is 0 Å². The number of carbonyl (C=O) groups excluding carboxylic acids is 1. The van der Waals surface area contributed by atoms with E-state index in [1.165, 1.54) is 16.8 Å². The molecule has 1 aliphatic carbocycles. The number of aliphatic hydroxyl groups excluding tert-OH is 1. The molecule has 20 heavy (non-hydrogen) atoms. The lowest BCUT2D eigenvalue weighted by atomic mass is 9.87. The van der Waals surface area contributed by atoms with E-state index in [0.29, 0.717) is 19.0 Å². The van der Waals surface area contributed by atoms with Gasteiger partial charge in [0.2, 0.25) is 0 Å². The average Bonchev–Trinajstić information content (AvgIpc) is 2.45. The summed E-state index contributed by atoms with van der Waals surface area (Å²) in [6.45, 7) is 2.79. The van der Waals surface area contributed by atoms with Gasteiger partial charge in [-0.25, -0.2) is 4.68 Å². The van der Waals surface area contributed by atoms with Crippen LogP contribution in [0, 0.1) is 5.92 Å². The van der Waals surface area contributed by atoms with E-state index in [4.69, 9.17) is 0 Å². The number of nitrogens with zero attached hydrogens (tertiary/aromatic N) is 2. The van der Waals surface area contributed by atoms with E-state index in [0.717, 1.165) is 25.7 Å². The molecular formula is C14H21N3O3. The summed E-state index contributed by atoms with van der Waals surface area (Å²) in [5, 5.41) is 16.4. The van der Waals surface area contributed by atoms with Crippen molar-refractivity contribution >= 4 is 5.91 Å². The largest absolute Gasteiger partial charge is 0.393 e. The second-order valence-corrected chi connectivity index (χ2v) is 5.27. The molecule has 1 aromatic rings. The molecule has 1 heterocycles. The Kier molecular flexibility index (Phi) is 4.89. The Morgan fingerprint density at radius 3 is 3.00 bits per heavy atom. The van der Waals surface area contributed by atoms with Crippen molar-refractivity contribution in [1.82, 2.24) is 15.1 Å². The molecule has 0 bridgehead atoms. The zero-order valence-electron chi connectivity index (χ0n) is 11.7. The van der Waals surface area contributed by atoms with Gasteiger partial charge in [0, 0.05) is 19.2 Å². The van der Waals surface area contributed by atoms with Crippen LogP contribution in [0.3, 0.4) is 0 Å². The fourth-order valence-corrected chi connectivity index (χ4v) is 2.57. The highest BCUT2D eigenvalue weighted by molar-refractivity contribution is 5.91. The van der Waals surface area contributed by atoms with Gasteiger partial charge in [0.05, 0.1) is 6.10 Å². The molecule has 2 N–H and O–H groups in total. The summed E-state index contributed by atoms with van der Waals surface area (Å²) in [7, 11) is 0. The van der Waals surface area contributed by atoms with Gasteiger partial charge in [0.15, 0.2) is 0 Å². The average molecular weight is 279 g/mol. The Hall–Kier alpha value is -1.69. The summed E-state index contributed by atoms with van der Waals surface area (Å²) in [6, 6.07) is 2.80. The topological polar surface area (TPSA) is 84.2 Å². The Balaban J connectivity index is 1.93. The fourth-order valence-electron chi connectivity index (χ4n) is 2.57. The fraction of sp³-hybridized carbons (Fsp3) is 0.643. The monoisotopic (exact) mass is 279 g/mol. The van der Waals surface area contributed by atoms with Gasteiger partial charge >= 0.3 is 0 Å². The molecular weight excluding hydrogens is 258 g/mol. The standard InChI is InChI=1S/C14H21N3O3/c1-2-17-13(19)7-6-12(16-17)14(20)15-9-10-4-3-5-11(18)8-10/h6-7,10-11,18H,2-5,8-9H2,1H3,(H,15,20). The minimum Gasteiger partial charge on any atom is -0.393 e. The highest BCUT2D eigenvalue weighted by Crippen LogP contribution is 2.23. The van der Waals surface area contributed by atoms with Crippen molar-refractivity contribution in [1.29, 1.82) is 0 Å². The number of hydrogen-bond acceptors (Lipinski definition) is 4. The number of rotatable bonds is 4. The first-order valence-electron chi connectivity index (χ1n) is 7.14. The predicted octanol–water partition coefficient (Wildman–Crippen LogP) is 0.544. The second-order valence-electron chi connectivity index (χ2n) is 5.27. The van der Waals surface area contributed by atoms with Gasteiger partial charge in [-0.15, -0.1) is 0 Å². The Morgan fingerprint density at radius 2 is 2.30 bits per heavy atom. The predicted molar refractivity (Wildman–Crippen MR) is 74.5 cm³/mol. The van der Waals surface area contributed by atoms with Gasteiger partial charge < -0.3 is 10.4 Å². The summed E-state index contributed by atoms with van der Waals surface area (Å²) in [4.78, 5) is 23.4. The number of amides is 1. The van der Waals surface area contributed by atoms with Crippen molar-refractivity contribution in [2.24, 2.45) is 5.92 Å². The maximum absolute atomic E-state index is 12.0. The molecule has 2 unspecified atom stereocenters. The highest BCUT2D eigenvalue weighted by Gasteiger charge is 2.21. The molecule has 6 nitrogen and oxygen atoms in total. The van der Waals surface area contributed by atoms with E-state index in [2.05, 4.69) is 10.4 Å². The summed E-state index contributed by atoms with van der Waals surface area (Å²) < 4.78 is 1.26. The zero-order valence-corrected chi connectivity index (χ0v) is 11.7. The number of aromatic nitrogens is 2. The quantitative estimate of drug-likeness (QED) is 0.842. The van der Waals surface area contributed by atoms with Gasteiger partial charge in [0.1, 0.15) is 5.69 Å². The summed E-state index contributed by atoms with van der Waals surface area (Å²) in [5.41, 5.74) is 0.0438. The van der Waals surface area contributed by atoms with Crippen LogP contribution >= 0.6 is 0 Å². The smallest absolute Gasteiger partial charge is 0.271 e. The van der Waals surface area contributed by atoms with Crippen LogP contribution in [0.25, 0.3) is 0 Å². The number of carbonyl (C=O) groups is 1. The number of aryl methyl sites for hydroxylation is 1. The van der Waals surface area contributed by atoms with Gasteiger partial charge in [0.25, 0.3) is 11.5 Å². The van der Waals surface area contributed by atoms with Crippen LogP contribution in [0.4, 0.5) is 0 Å². The van der Waals surface area contributed by atoms with Gasteiger partial charge in [-0.2, -0.15) is 5.10 Å². The van der Waals surface area contributed by atoms with Crippen molar-refractivity contribution in [3.63, 3.8) is 0 Å². The van der Waals surface area contributed by atoms with Gasteiger partial charge in [-0.1, -0.05) is 6.42 Å². The third-order valence-electron chi connectivity index (χ3n) is 3.71. The van der Waals surface area contributed by atoms with Gasteiger partial charge in [-0.3, -0.25) is 9.59 Å². The van der Waals surface area contributed by atoms with Crippen LogP contribution in [-0.4, -0.2) is 33.4 Å². The van der Waals surface area contributed by atoms with E-state index in [9.17, 15) is 14.7 Å². The lowest BCUT2D eigenvalue weighted by molar-refractivity contribution is 0.0868. The highest BCUT2D eigenvalue weighted by atomic mass is 16.3. The van der Waals surface area contributed by atoms with E-state index in [1.54, 1.807) is 6.92 Å². The molecule has 1 saturated carbocycles. The van der Waals surface area contributed by atoms with Crippen molar-refractivity contribution < 1.29 is 9.90 Å². The molecule has 6 heteroatoms.